The summed E-state index contributed by atoms with van der Waals surface area (Å²) in [6, 6.07) is 6.14. The fraction of sp³-hybridized carbons (Fsp3) is 0.214. The van der Waals surface area contributed by atoms with Crippen molar-refractivity contribution in [2.24, 2.45) is 7.05 Å². The van der Waals surface area contributed by atoms with E-state index in [9.17, 15) is 0 Å². The second-order valence-electron chi connectivity index (χ2n) is 4.73. The summed E-state index contributed by atoms with van der Waals surface area (Å²) >= 11 is 6.18. The molecule has 0 aliphatic carbocycles. The number of nitrogens with zero attached hydrogens (tertiary/aromatic N) is 4. The Balaban J connectivity index is 2.17. The molecule has 3 aromatic rings. The summed E-state index contributed by atoms with van der Waals surface area (Å²) in [4.78, 5) is 8.24. The maximum absolute atomic E-state index is 6.18. The van der Waals surface area contributed by atoms with Crippen LogP contribution in [0.4, 0.5) is 11.5 Å². The number of anilines is 2. The van der Waals surface area contributed by atoms with Gasteiger partial charge in [-0.3, -0.25) is 0 Å². The van der Waals surface area contributed by atoms with Crippen LogP contribution in [0.1, 0.15) is 11.1 Å². The Morgan fingerprint density at radius 2 is 1.85 bits per heavy atom. The number of halogens is 1. The fourth-order valence-electron chi connectivity index (χ4n) is 2.27. The van der Waals surface area contributed by atoms with Gasteiger partial charge in [-0.05, 0) is 25.0 Å². The molecular formula is C14H14ClN5. The molecule has 0 saturated carbocycles. The lowest BCUT2D eigenvalue weighted by molar-refractivity contribution is 0.789. The lowest BCUT2D eigenvalue weighted by Crippen LogP contribution is -1.98. The molecule has 0 amide bonds. The van der Waals surface area contributed by atoms with E-state index in [0.717, 1.165) is 22.2 Å². The van der Waals surface area contributed by atoms with Crippen LogP contribution in [-0.4, -0.2) is 19.7 Å². The van der Waals surface area contributed by atoms with Gasteiger partial charge in [0.1, 0.15) is 16.9 Å². The molecule has 0 spiro atoms. The monoisotopic (exact) mass is 287 g/mol. The Morgan fingerprint density at radius 1 is 1.15 bits per heavy atom. The zero-order chi connectivity index (χ0) is 14.3. The Labute approximate surface area is 121 Å². The van der Waals surface area contributed by atoms with Gasteiger partial charge in [0.15, 0.2) is 11.5 Å². The molecule has 2 heterocycles. The van der Waals surface area contributed by atoms with Crippen molar-refractivity contribution in [1.29, 1.82) is 0 Å². The van der Waals surface area contributed by atoms with Crippen molar-refractivity contribution in [2.75, 3.05) is 5.32 Å². The first-order valence-corrected chi connectivity index (χ1v) is 6.62. The first kappa shape index (κ1) is 12.9. The predicted octanol–water partition coefficient (Wildman–Crippen LogP) is 3.38. The first-order chi connectivity index (χ1) is 9.58. The maximum atomic E-state index is 6.18. The molecule has 2 aromatic heterocycles. The summed E-state index contributed by atoms with van der Waals surface area (Å²) in [5.41, 5.74) is 4.04. The number of aromatic nitrogens is 4. The van der Waals surface area contributed by atoms with Crippen molar-refractivity contribution in [3.8, 4) is 0 Å². The van der Waals surface area contributed by atoms with Crippen molar-refractivity contribution < 1.29 is 0 Å². The third-order valence-corrected chi connectivity index (χ3v) is 3.59. The molecule has 0 aliphatic rings. The average molecular weight is 288 g/mol. The third-order valence-electron chi connectivity index (χ3n) is 3.30. The Morgan fingerprint density at radius 3 is 2.55 bits per heavy atom. The number of hydrogen-bond acceptors (Lipinski definition) is 4. The van der Waals surface area contributed by atoms with Gasteiger partial charge in [-0.15, -0.1) is 0 Å². The van der Waals surface area contributed by atoms with E-state index >= 15 is 0 Å². The highest BCUT2D eigenvalue weighted by Crippen LogP contribution is 2.31. The van der Waals surface area contributed by atoms with E-state index in [0.29, 0.717) is 16.6 Å². The van der Waals surface area contributed by atoms with E-state index in [1.807, 2.05) is 13.1 Å². The van der Waals surface area contributed by atoms with Crippen molar-refractivity contribution in [2.45, 2.75) is 13.8 Å². The van der Waals surface area contributed by atoms with E-state index in [-0.39, 0.29) is 0 Å². The highest BCUT2D eigenvalue weighted by atomic mass is 35.5. The topological polar surface area (TPSA) is 55.6 Å². The largest absolute Gasteiger partial charge is 0.338 e. The van der Waals surface area contributed by atoms with Crippen LogP contribution in [-0.2, 0) is 7.05 Å². The second-order valence-corrected chi connectivity index (χ2v) is 5.09. The minimum absolute atomic E-state index is 0.400. The summed E-state index contributed by atoms with van der Waals surface area (Å²) in [5.74, 6) is 0.672. The van der Waals surface area contributed by atoms with Gasteiger partial charge in [-0.1, -0.05) is 29.8 Å². The van der Waals surface area contributed by atoms with Crippen LogP contribution in [0.2, 0.25) is 5.15 Å². The minimum atomic E-state index is 0.400. The highest BCUT2D eigenvalue weighted by Gasteiger charge is 2.15. The number of aryl methyl sites for hydroxylation is 3. The lowest BCUT2D eigenvalue weighted by Gasteiger charge is -2.10. The molecule has 0 unspecified atom stereocenters. The fourth-order valence-corrected chi connectivity index (χ4v) is 2.49. The smallest absolute Gasteiger partial charge is 0.165 e. The van der Waals surface area contributed by atoms with Crippen LogP contribution in [0, 0.1) is 13.8 Å². The number of fused-ring (bicyclic) bond motifs is 1. The van der Waals surface area contributed by atoms with Gasteiger partial charge in [0.25, 0.3) is 0 Å². The van der Waals surface area contributed by atoms with E-state index in [1.54, 1.807) is 4.68 Å². The molecule has 0 atom stereocenters. The zero-order valence-electron chi connectivity index (χ0n) is 11.5. The molecular weight excluding hydrogens is 274 g/mol. The summed E-state index contributed by atoms with van der Waals surface area (Å²) in [6.45, 7) is 4.11. The van der Waals surface area contributed by atoms with Gasteiger partial charge in [0.2, 0.25) is 0 Å². The van der Waals surface area contributed by atoms with Crippen LogP contribution in [0.25, 0.3) is 11.0 Å². The van der Waals surface area contributed by atoms with Gasteiger partial charge in [0, 0.05) is 12.7 Å². The maximum Gasteiger partial charge on any atom is 0.165 e. The molecule has 3 rings (SSSR count). The van der Waals surface area contributed by atoms with Crippen LogP contribution in [0.3, 0.4) is 0 Å². The molecule has 6 heteroatoms. The van der Waals surface area contributed by atoms with Crippen molar-refractivity contribution in [3.63, 3.8) is 0 Å². The van der Waals surface area contributed by atoms with Gasteiger partial charge in [0.05, 0.1) is 0 Å². The van der Waals surface area contributed by atoms with Crippen LogP contribution < -0.4 is 5.32 Å². The van der Waals surface area contributed by atoms with Gasteiger partial charge < -0.3 is 5.32 Å². The van der Waals surface area contributed by atoms with Crippen molar-refractivity contribution in [1.82, 2.24) is 19.7 Å². The molecule has 5 nitrogen and oxygen atoms in total. The Bertz CT molecular complexity index is 773. The normalized spacial score (nSPS) is 11.0. The van der Waals surface area contributed by atoms with E-state index in [4.69, 9.17) is 11.6 Å². The molecule has 0 aliphatic heterocycles. The summed E-state index contributed by atoms with van der Waals surface area (Å²) in [5, 5.41) is 8.93. The van der Waals surface area contributed by atoms with Crippen LogP contribution >= 0.6 is 11.6 Å². The predicted molar refractivity (Wildman–Crippen MR) is 80.5 cm³/mol. The molecule has 102 valence electrons. The van der Waals surface area contributed by atoms with Gasteiger partial charge in [-0.25, -0.2) is 14.6 Å². The van der Waals surface area contributed by atoms with Gasteiger partial charge in [-0.2, -0.15) is 5.10 Å². The summed E-state index contributed by atoms with van der Waals surface area (Å²) < 4.78 is 1.69. The van der Waals surface area contributed by atoms with Crippen LogP contribution in [0.5, 0.6) is 0 Å². The Hall–Kier alpha value is -2.14. The molecule has 0 fully saturated rings. The SMILES string of the molecule is Cc1cccc(C)c1Nc1nn(C)c2ncnc(Cl)c12. The minimum Gasteiger partial charge on any atom is -0.338 e. The first-order valence-electron chi connectivity index (χ1n) is 6.24. The lowest BCUT2D eigenvalue weighted by atomic mass is 10.1. The quantitative estimate of drug-likeness (QED) is 0.734. The number of rotatable bonds is 2. The molecule has 0 radical (unpaired) electrons. The van der Waals surface area contributed by atoms with Gasteiger partial charge >= 0.3 is 0 Å². The van der Waals surface area contributed by atoms with Crippen LogP contribution in [0.15, 0.2) is 24.5 Å². The van der Waals surface area contributed by atoms with E-state index < -0.39 is 0 Å². The number of para-hydroxylation sites is 1. The number of hydrogen-bond donors (Lipinski definition) is 1. The number of benzene rings is 1. The molecule has 0 bridgehead atoms. The molecule has 0 saturated heterocycles. The molecule has 20 heavy (non-hydrogen) atoms. The highest BCUT2D eigenvalue weighted by molar-refractivity contribution is 6.35. The summed E-state index contributed by atoms with van der Waals surface area (Å²) in [6.07, 6.45) is 1.44. The van der Waals surface area contributed by atoms with E-state index in [2.05, 4.69) is 46.4 Å². The van der Waals surface area contributed by atoms with Crippen molar-refractivity contribution >= 4 is 34.1 Å². The van der Waals surface area contributed by atoms with E-state index in [1.165, 1.54) is 6.33 Å². The number of nitrogens with one attached hydrogen (secondary N) is 1. The standard InChI is InChI=1S/C14H14ClN5/c1-8-5-4-6-9(2)11(8)18-13-10-12(15)16-7-17-14(10)20(3)19-13/h4-7H,1-3H3,(H,18,19). The zero-order valence-corrected chi connectivity index (χ0v) is 12.2. The second kappa shape index (κ2) is 4.76. The van der Waals surface area contributed by atoms with Crippen molar-refractivity contribution in [3.05, 3.63) is 40.8 Å². The third kappa shape index (κ3) is 2.00. The summed E-state index contributed by atoms with van der Waals surface area (Å²) in [7, 11) is 1.83. The molecule has 1 aromatic carbocycles. The average Bonchev–Trinajstić information content (AvgIpc) is 2.72. The Kier molecular flexibility index (Phi) is 3.06. The molecule has 1 N–H and O–H groups in total.